The zero-order valence-electron chi connectivity index (χ0n) is 9.27. The van der Waals surface area contributed by atoms with Crippen LogP contribution in [0.2, 0.25) is 5.15 Å². The van der Waals surface area contributed by atoms with Gasteiger partial charge in [-0.25, -0.2) is 4.98 Å². The molecule has 1 heterocycles. The molecular formula is C10H16ClN3S. The number of nitrogens with zero attached hydrogens (tertiary/aromatic N) is 3. The Kier molecular flexibility index (Phi) is 5.36. The Morgan fingerprint density at radius 1 is 1.47 bits per heavy atom. The third-order valence-corrected chi connectivity index (χ3v) is 3.26. The molecule has 1 rings (SSSR count). The van der Waals surface area contributed by atoms with Crippen LogP contribution in [0.1, 0.15) is 12.6 Å². The highest BCUT2D eigenvalue weighted by atomic mass is 35.5. The number of hydrogen-bond acceptors (Lipinski definition) is 4. The molecule has 0 bridgehead atoms. The summed E-state index contributed by atoms with van der Waals surface area (Å²) in [4.78, 5) is 10.5. The van der Waals surface area contributed by atoms with Crippen LogP contribution in [0.15, 0.2) is 12.4 Å². The summed E-state index contributed by atoms with van der Waals surface area (Å²) < 4.78 is 0. The van der Waals surface area contributed by atoms with E-state index >= 15 is 0 Å². The molecule has 0 aliphatic rings. The highest BCUT2D eigenvalue weighted by Gasteiger charge is 2.09. The van der Waals surface area contributed by atoms with E-state index in [1.165, 1.54) is 0 Å². The van der Waals surface area contributed by atoms with Crippen molar-refractivity contribution in [2.75, 3.05) is 19.1 Å². The topological polar surface area (TPSA) is 29.0 Å². The predicted molar refractivity (Wildman–Crippen MR) is 66.4 cm³/mol. The van der Waals surface area contributed by atoms with Crippen LogP contribution in [0.25, 0.3) is 0 Å². The largest absolute Gasteiger partial charge is 0.297 e. The van der Waals surface area contributed by atoms with Crippen LogP contribution >= 0.6 is 23.4 Å². The van der Waals surface area contributed by atoms with E-state index in [2.05, 4.69) is 35.1 Å². The normalized spacial score (nSPS) is 13.1. The van der Waals surface area contributed by atoms with E-state index < -0.39 is 0 Å². The van der Waals surface area contributed by atoms with Crippen molar-refractivity contribution >= 4 is 23.4 Å². The first-order valence-electron chi connectivity index (χ1n) is 4.79. The lowest BCUT2D eigenvalue weighted by Gasteiger charge is -2.23. The zero-order chi connectivity index (χ0) is 11.3. The molecule has 1 aromatic heterocycles. The second-order valence-corrected chi connectivity index (χ2v) is 4.85. The number of aromatic nitrogens is 2. The van der Waals surface area contributed by atoms with Crippen LogP contribution < -0.4 is 0 Å². The lowest BCUT2D eigenvalue weighted by Crippen LogP contribution is -2.30. The summed E-state index contributed by atoms with van der Waals surface area (Å²) in [6.45, 7) is 3.02. The molecule has 0 fully saturated rings. The standard InChI is InChI=1S/C10H16ClN3S/c1-8(7-15-3)14(2)6-9-4-13-10(11)5-12-9/h4-5,8H,6-7H2,1-3H3. The van der Waals surface area contributed by atoms with Gasteiger partial charge in [0.05, 0.1) is 18.1 Å². The molecule has 0 N–H and O–H groups in total. The van der Waals surface area contributed by atoms with Gasteiger partial charge in [0.1, 0.15) is 5.15 Å². The van der Waals surface area contributed by atoms with Crippen molar-refractivity contribution in [1.82, 2.24) is 14.9 Å². The van der Waals surface area contributed by atoms with Gasteiger partial charge in [-0.2, -0.15) is 11.8 Å². The fraction of sp³-hybridized carbons (Fsp3) is 0.600. The molecule has 0 aliphatic carbocycles. The Balaban J connectivity index is 2.50. The minimum Gasteiger partial charge on any atom is -0.297 e. The Morgan fingerprint density at radius 3 is 2.73 bits per heavy atom. The maximum atomic E-state index is 5.67. The molecule has 0 radical (unpaired) electrons. The molecule has 0 saturated heterocycles. The summed E-state index contributed by atoms with van der Waals surface area (Å²) in [6.07, 6.45) is 5.43. The molecule has 0 spiro atoms. The molecule has 1 atom stereocenters. The second kappa shape index (κ2) is 6.30. The maximum absolute atomic E-state index is 5.67. The summed E-state index contributed by atoms with van der Waals surface area (Å²) in [5.41, 5.74) is 0.954. The molecule has 0 saturated carbocycles. The number of thioether (sulfide) groups is 1. The fourth-order valence-electron chi connectivity index (χ4n) is 1.20. The lowest BCUT2D eigenvalue weighted by molar-refractivity contribution is 0.266. The highest BCUT2D eigenvalue weighted by Crippen LogP contribution is 2.08. The zero-order valence-corrected chi connectivity index (χ0v) is 10.8. The Labute approximate surface area is 100 Å². The van der Waals surface area contributed by atoms with Crippen LogP contribution in [-0.4, -0.2) is 40.0 Å². The van der Waals surface area contributed by atoms with E-state index in [-0.39, 0.29) is 0 Å². The monoisotopic (exact) mass is 245 g/mol. The fourth-order valence-corrected chi connectivity index (χ4v) is 2.03. The summed E-state index contributed by atoms with van der Waals surface area (Å²) >= 11 is 7.52. The van der Waals surface area contributed by atoms with Crippen molar-refractivity contribution in [3.8, 4) is 0 Å². The summed E-state index contributed by atoms with van der Waals surface area (Å²) in [6, 6.07) is 0.539. The van der Waals surface area contributed by atoms with Gasteiger partial charge >= 0.3 is 0 Å². The molecule has 0 aliphatic heterocycles. The van der Waals surface area contributed by atoms with E-state index in [4.69, 9.17) is 11.6 Å². The van der Waals surface area contributed by atoms with E-state index in [1.807, 2.05) is 11.8 Å². The molecule has 1 unspecified atom stereocenters. The van der Waals surface area contributed by atoms with Crippen molar-refractivity contribution in [3.05, 3.63) is 23.2 Å². The first kappa shape index (κ1) is 12.7. The maximum Gasteiger partial charge on any atom is 0.147 e. The van der Waals surface area contributed by atoms with Crippen molar-refractivity contribution in [3.63, 3.8) is 0 Å². The minimum atomic E-state index is 0.443. The quantitative estimate of drug-likeness (QED) is 0.796. The average molecular weight is 246 g/mol. The van der Waals surface area contributed by atoms with Gasteiger partial charge in [-0.05, 0) is 20.2 Å². The molecular weight excluding hydrogens is 230 g/mol. The van der Waals surface area contributed by atoms with Gasteiger partial charge in [-0.3, -0.25) is 9.88 Å². The molecule has 0 amide bonds. The van der Waals surface area contributed by atoms with Crippen LogP contribution in [0.5, 0.6) is 0 Å². The minimum absolute atomic E-state index is 0.443. The number of rotatable bonds is 5. The molecule has 84 valence electrons. The van der Waals surface area contributed by atoms with Crippen molar-refractivity contribution < 1.29 is 0 Å². The van der Waals surface area contributed by atoms with Crippen LogP contribution in [-0.2, 0) is 6.54 Å². The number of hydrogen-bond donors (Lipinski definition) is 0. The Bertz CT molecular complexity index is 291. The Hall–Kier alpha value is -0.320. The van der Waals surface area contributed by atoms with E-state index in [0.29, 0.717) is 11.2 Å². The third kappa shape index (κ3) is 4.36. The van der Waals surface area contributed by atoms with Gasteiger partial charge in [0.15, 0.2) is 0 Å². The lowest BCUT2D eigenvalue weighted by atomic mass is 10.3. The van der Waals surface area contributed by atoms with E-state index in [1.54, 1.807) is 12.4 Å². The van der Waals surface area contributed by atoms with Crippen LogP contribution in [0, 0.1) is 0 Å². The van der Waals surface area contributed by atoms with Crippen LogP contribution in [0.3, 0.4) is 0 Å². The first-order valence-corrected chi connectivity index (χ1v) is 6.56. The summed E-state index contributed by atoms with van der Waals surface area (Å²) in [7, 11) is 2.09. The van der Waals surface area contributed by atoms with Crippen molar-refractivity contribution in [2.24, 2.45) is 0 Å². The smallest absolute Gasteiger partial charge is 0.147 e. The summed E-state index contributed by atoms with van der Waals surface area (Å²) in [5.74, 6) is 1.12. The average Bonchev–Trinajstić information content (AvgIpc) is 2.22. The van der Waals surface area contributed by atoms with E-state index in [9.17, 15) is 0 Å². The molecule has 0 aromatic carbocycles. The Morgan fingerprint density at radius 2 is 2.20 bits per heavy atom. The van der Waals surface area contributed by atoms with E-state index in [0.717, 1.165) is 18.0 Å². The van der Waals surface area contributed by atoms with Crippen LogP contribution in [0.4, 0.5) is 0 Å². The predicted octanol–water partition coefficient (Wildman–Crippen LogP) is 2.31. The van der Waals surface area contributed by atoms with Gasteiger partial charge in [-0.1, -0.05) is 11.6 Å². The van der Waals surface area contributed by atoms with Gasteiger partial charge < -0.3 is 0 Å². The second-order valence-electron chi connectivity index (χ2n) is 3.55. The first-order chi connectivity index (χ1) is 7.13. The molecule has 15 heavy (non-hydrogen) atoms. The highest BCUT2D eigenvalue weighted by molar-refractivity contribution is 7.98. The van der Waals surface area contributed by atoms with Gasteiger partial charge in [0, 0.05) is 18.3 Å². The SMILES string of the molecule is CSCC(C)N(C)Cc1cnc(Cl)cn1. The van der Waals surface area contributed by atoms with Crippen molar-refractivity contribution in [2.45, 2.75) is 19.5 Å². The molecule has 3 nitrogen and oxygen atoms in total. The molecule has 1 aromatic rings. The van der Waals surface area contributed by atoms with Gasteiger partial charge in [0.25, 0.3) is 0 Å². The van der Waals surface area contributed by atoms with Crippen molar-refractivity contribution in [1.29, 1.82) is 0 Å². The molecule has 5 heteroatoms. The van der Waals surface area contributed by atoms with Gasteiger partial charge in [0.2, 0.25) is 0 Å². The third-order valence-electron chi connectivity index (χ3n) is 2.25. The van der Waals surface area contributed by atoms with Gasteiger partial charge in [-0.15, -0.1) is 0 Å². The number of halogens is 1. The summed E-state index contributed by atoms with van der Waals surface area (Å²) in [5, 5.41) is 0.443.